The number of nitrogens with one attached hydrogen (secondary N) is 1. The van der Waals surface area contributed by atoms with Crippen LogP contribution in [0.2, 0.25) is 0 Å². The Bertz CT molecular complexity index is 774. The number of carbonyl (C=O) groups excluding carboxylic acids is 1. The summed E-state index contributed by atoms with van der Waals surface area (Å²) in [6.07, 6.45) is 0. The largest absolute Gasteiger partial charge is 0.493 e. The van der Waals surface area contributed by atoms with Crippen LogP contribution in [0.4, 0.5) is 5.13 Å². The number of rotatable bonds is 5. The number of thiazole rings is 1. The lowest BCUT2D eigenvalue weighted by Gasteiger charge is -2.09. The van der Waals surface area contributed by atoms with Crippen LogP contribution in [0.25, 0.3) is 10.2 Å². The lowest BCUT2D eigenvalue weighted by atomic mass is 10.3. The minimum absolute atomic E-state index is 0. The van der Waals surface area contributed by atoms with Gasteiger partial charge in [-0.1, -0.05) is 35.6 Å². The highest BCUT2D eigenvalue weighted by atomic mass is 32.1. The first-order valence-corrected chi connectivity index (χ1v) is 7.49. The summed E-state index contributed by atoms with van der Waals surface area (Å²) in [4.78, 5) is 16.3. The van der Waals surface area contributed by atoms with E-state index in [1.54, 1.807) is 19.2 Å². The molecule has 0 saturated carbocycles. The van der Waals surface area contributed by atoms with Gasteiger partial charge < -0.3 is 9.47 Å². The van der Waals surface area contributed by atoms with Gasteiger partial charge in [0.15, 0.2) is 23.2 Å². The first-order valence-electron chi connectivity index (χ1n) is 6.67. The highest BCUT2D eigenvalue weighted by Crippen LogP contribution is 2.27. The molecule has 6 heteroatoms. The topological polar surface area (TPSA) is 60.5 Å². The molecule has 114 valence electrons. The number of para-hydroxylation sites is 3. The maximum absolute atomic E-state index is 12.0. The molecule has 22 heavy (non-hydrogen) atoms. The molecule has 1 aromatic heterocycles. The lowest BCUT2D eigenvalue weighted by molar-refractivity contribution is -0.118. The molecule has 0 aliphatic carbocycles. The van der Waals surface area contributed by atoms with Crippen molar-refractivity contribution >= 4 is 32.6 Å². The van der Waals surface area contributed by atoms with Crippen LogP contribution in [-0.4, -0.2) is 24.6 Å². The molecule has 0 atom stereocenters. The Morgan fingerprint density at radius 2 is 1.91 bits per heavy atom. The fourth-order valence-electron chi connectivity index (χ4n) is 1.96. The maximum atomic E-state index is 12.0. The fourth-order valence-corrected chi connectivity index (χ4v) is 2.84. The number of benzene rings is 2. The first-order chi connectivity index (χ1) is 10.8. The summed E-state index contributed by atoms with van der Waals surface area (Å²) >= 11 is 1.43. The molecule has 0 spiro atoms. The van der Waals surface area contributed by atoms with Gasteiger partial charge in [0.25, 0.3) is 5.91 Å². The molecule has 5 nitrogen and oxygen atoms in total. The zero-order valence-electron chi connectivity index (χ0n) is 11.9. The van der Waals surface area contributed by atoms with Gasteiger partial charge >= 0.3 is 0 Å². The van der Waals surface area contributed by atoms with Gasteiger partial charge in [-0.3, -0.25) is 10.1 Å². The Morgan fingerprint density at radius 1 is 1.18 bits per heavy atom. The number of hydrogen-bond acceptors (Lipinski definition) is 5. The van der Waals surface area contributed by atoms with Crippen molar-refractivity contribution in [2.24, 2.45) is 0 Å². The van der Waals surface area contributed by atoms with E-state index in [9.17, 15) is 4.79 Å². The van der Waals surface area contributed by atoms with E-state index < -0.39 is 0 Å². The van der Waals surface area contributed by atoms with Crippen LogP contribution in [-0.2, 0) is 4.79 Å². The van der Waals surface area contributed by atoms with E-state index in [2.05, 4.69) is 10.3 Å². The van der Waals surface area contributed by atoms with E-state index in [4.69, 9.17) is 9.47 Å². The van der Waals surface area contributed by atoms with E-state index in [1.807, 2.05) is 36.4 Å². The van der Waals surface area contributed by atoms with Crippen molar-refractivity contribution in [1.29, 1.82) is 0 Å². The molecule has 1 heterocycles. The highest BCUT2D eigenvalue weighted by molar-refractivity contribution is 7.22. The molecule has 1 amide bonds. The Labute approximate surface area is 133 Å². The van der Waals surface area contributed by atoms with Gasteiger partial charge in [0, 0.05) is 1.43 Å². The summed E-state index contributed by atoms with van der Waals surface area (Å²) in [5, 5.41) is 3.31. The number of anilines is 1. The Hall–Kier alpha value is -2.60. The van der Waals surface area contributed by atoms with Crippen LogP contribution in [0, 0.1) is 0 Å². The van der Waals surface area contributed by atoms with Crippen LogP contribution in [0.3, 0.4) is 0 Å². The summed E-state index contributed by atoms with van der Waals surface area (Å²) in [5.74, 6) is 0.865. The smallest absolute Gasteiger partial charge is 0.264 e. The predicted octanol–water partition coefficient (Wildman–Crippen LogP) is 3.57. The summed E-state index contributed by atoms with van der Waals surface area (Å²) < 4.78 is 11.7. The third kappa shape index (κ3) is 3.17. The average molecular weight is 316 g/mol. The van der Waals surface area contributed by atoms with Crippen molar-refractivity contribution < 1.29 is 15.7 Å². The number of methoxy groups -OCH3 is 1. The second-order valence-electron chi connectivity index (χ2n) is 4.47. The van der Waals surface area contributed by atoms with Crippen molar-refractivity contribution in [3.63, 3.8) is 0 Å². The van der Waals surface area contributed by atoms with Gasteiger partial charge in [-0.2, -0.15) is 0 Å². The van der Waals surface area contributed by atoms with Gasteiger partial charge in [0.2, 0.25) is 0 Å². The fraction of sp³-hybridized carbons (Fsp3) is 0.125. The Kier molecular flexibility index (Phi) is 4.20. The number of nitrogens with zero attached hydrogens (tertiary/aromatic N) is 1. The molecular formula is C16H16N2O3S. The van der Waals surface area contributed by atoms with Crippen molar-refractivity contribution in [1.82, 2.24) is 4.98 Å². The summed E-state index contributed by atoms with van der Waals surface area (Å²) in [5.41, 5.74) is 0.869. The van der Waals surface area contributed by atoms with Gasteiger partial charge in [-0.05, 0) is 24.3 Å². The minimum Gasteiger partial charge on any atom is -0.493 e. The molecule has 0 unspecified atom stereocenters. The monoisotopic (exact) mass is 316 g/mol. The summed E-state index contributed by atoms with van der Waals surface area (Å²) in [6.45, 7) is -0.101. The standard InChI is InChI=1S/C16H14N2O3S.H2/c1-20-12-7-3-4-8-13(12)21-10-15(19)18-16-17-11-6-2-5-9-14(11)22-16;/h2-9H,10H2,1H3,(H,17,18,19);1H. The van der Waals surface area contributed by atoms with E-state index in [1.165, 1.54) is 11.3 Å². The zero-order valence-corrected chi connectivity index (χ0v) is 12.7. The SMILES string of the molecule is COc1ccccc1OCC(=O)Nc1nc2ccccc2s1.[HH]. The molecular weight excluding hydrogens is 300 g/mol. The number of hydrogen-bond donors (Lipinski definition) is 1. The molecule has 1 N–H and O–H groups in total. The molecule has 0 aliphatic rings. The lowest BCUT2D eigenvalue weighted by Crippen LogP contribution is -2.20. The quantitative estimate of drug-likeness (QED) is 0.782. The number of ether oxygens (including phenoxy) is 2. The van der Waals surface area contributed by atoms with Gasteiger partial charge in [-0.15, -0.1) is 0 Å². The van der Waals surface area contributed by atoms with E-state index in [0.717, 1.165) is 10.2 Å². The number of fused-ring (bicyclic) bond motifs is 1. The van der Waals surface area contributed by atoms with Crippen LogP contribution in [0.15, 0.2) is 48.5 Å². The normalized spacial score (nSPS) is 10.4. The van der Waals surface area contributed by atoms with Crippen molar-refractivity contribution in [3.8, 4) is 11.5 Å². The Morgan fingerprint density at radius 3 is 2.68 bits per heavy atom. The van der Waals surface area contributed by atoms with E-state index >= 15 is 0 Å². The average Bonchev–Trinajstić information content (AvgIpc) is 2.95. The molecule has 3 aromatic rings. The summed E-state index contributed by atoms with van der Waals surface area (Å²) in [6, 6.07) is 14.9. The van der Waals surface area contributed by atoms with Crippen LogP contribution < -0.4 is 14.8 Å². The van der Waals surface area contributed by atoms with Crippen molar-refractivity contribution in [3.05, 3.63) is 48.5 Å². The second kappa shape index (κ2) is 6.44. The van der Waals surface area contributed by atoms with Crippen molar-refractivity contribution in [2.45, 2.75) is 0 Å². The van der Waals surface area contributed by atoms with Crippen molar-refractivity contribution in [2.75, 3.05) is 19.0 Å². The van der Waals surface area contributed by atoms with Crippen LogP contribution in [0.1, 0.15) is 1.43 Å². The van der Waals surface area contributed by atoms with Gasteiger partial charge in [0.1, 0.15) is 0 Å². The molecule has 0 aliphatic heterocycles. The Balaban J connectivity index is 0.00000192. The first kappa shape index (κ1) is 14.3. The summed E-state index contributed by atoms with van der Waals surface area (Å²) in [7, 11) is 1.56. The zero-order chi connectivity index (χ0) is 15.4. The van der Waals surface area contributed by atoms with Crippen LogP contribution in [0.5, 0.6) is 11.5 Å². The third-order valence-corrected chi connectivity index (χ3v) is 3.92. The number of aromatic nitrogens is 1. The minimum atomic E-state index is -0.259. The number of amides is 1. The predicted molar refractivity (Wildman–Crippen MR) is 88.9 cm³/mol. The number of carbonyl (C=O) groups is 1. The van der Waals surface area contributed by atoms with E-state index in [0.29, 0.717) is 16.6 Å². The molecule has 0 radical (unpaired) electrons. The molecule has 3 rings (SSSR count). The van der Waals surface area contributed by atoms with Crippen LogP contribution >= 0.6 is 11.3 Å². The molecule has 2 aromatic carbocycles. The van der Waals surface area contributed by atoms with Gasteiger partial charge in [0.05, 0.1) is 17.3 Å². The molecule has 0 saturated heterocycles. The van der Waals surface area contributed by atoms with E-state index in [-0.39, 0.29) is 13.9 Å². The maximum Gasteiger partial charge on any atom is 0.264 e. The molecule has 0 fully saturated rings. The molecule has 0 bridgehead atoms. The van der Waals surface area contributed by atoms with Gasteiger partial charge in [-0.25, -0.2) is 4.98 Å². The second-order valence-corrected chi connectivity index (χ2v) is 5.51. The highest BCUT2D eigenvalue weighted by Gasteiger charge is 2.10. The third-order valence-electron chi connectivity index (χ3n) is 2.97.